The van der Waals surface area contributed by atoms with Crippen LogP contribution in [0.5, 0.6) is 11.5 Å². The van der Waals surface area contributed by atoms with Crippen molar-refractivity contribution in [3.05, 3.63) is 124 Å². The first kappa shape index (κ1) is 26.3. The van der Waals surface area contributed by atoms with Gasteiger partial charge in [0, 0.05) is 23.3 Å². The summed E-state index contributed by atoms with van der Waals surface area (Å²) in [7, 11) is 0. The van der Waals surface area contributed by atoms with E-state index in [0.717, 1.165) is 40.3 Å². The van der Waals surface area contributed by atoms with Crippen molar-refractivity contribution in [1.82, 2.24) is 9.55 Å². The highest BCUT2D eigenvalue weighted by Gasteiger charge is 2.11. The first-order chi connectivity index (χ1) is 18.9. The number of nitrogens with zero attached hydrogens (tertiary/aromatic N) is 2. The maximum atomic E-state index is 11.2. The van der Waals surface area contributed by atoms with Gasteiger partial charge in [0.1, 0.15) is 17.3 Å². The minimum absolute atomic E-state index is 0.184. The van der Waals surface area contributed by atoms with Crippen LogP contribution in [0.2, 0.25) is 10.0 Å². The number of aromatic carboxylic acids is 1. The largest absolute Gasteiger partial charge is 0.478 e. The monoisotopic (exact) mass is 554 g/mol. The van der Waals surface area contributed by atoms with E-state index in [1.165, 1.54) is 12.1 Å². The molecule has 0 bridgehead atoms. The van der Waals surface area contributed by atoms with Gasteiger partial charge in [0.15, 0.2) is 0 Å². The van der Waals surface area contributed by atoms with E-state index in [0.29, 0.717) is 21.5 Å². The van der Waals surface area contributed by atoms with Crippen molar-refractivity contribution in [3.8, 4) is 33.9 Å². The lowest BCUT2D eigenvalue weighted by molar-refractivity contribution is 0.0696. The van der Waals surface area contributed by atoms with Gasteiger partial charge in [-0.15, -0.1) is 0 Å². The molecule has 1 N–H and O–H groups in total. The minimum Gasteiger partial charge on any atom is -0.478 e. The van der Waals surface area contributed by atoms with Gasteiger partial charge in [-0.25, -0.2) is 9.78 Å². The number of hydrogen-bond acceptors (Lipinski definition) is 3. The Balaban J connectivity index is 1.28. The molecule has 0 aliphatic carbocycles. The zero-order valence-corrected chi connectivity index (χ0v) is 22.5. The highest BCUT2D eigenvalue weighted by molar-refractivity contribution is 6.36. The summed E-state index contributed by atoms with van der Waals surface area (Å²) in [6.07, 6.45) is 6.03. The normalized spacial score (nSPS) is 11.2. The van der Waals surface area contributed by atoms with E-state index < -0.39 is 5.97 Å². The molecule has 0 unspecified atom stereocenters. The van der Waals surface area contributed by atoms with Gasteiger partial charge in [-0.2, -0.15) is 0 Å². The summed E-state index contributed by atoms with van der Waals surface area (Å²) in [6, 6.07) is 27.8. The number of carboxylic acid groups (broad SMARTS) is 1. The van der Waals surface area contributed by atoms with Gasteiger partial charge < -0.3 is 14.4 Å². The van der Waals surface area contributed by atoms with Gasteiger partial charge in [0.25, 0.3) is 0 Å². The van der Waals surface area contributed by atoms with Gasteiger partial charge in [0.2, 0.25) is 0 Å². The molecule has 5 aromatic rings. The number of halogens is 2. The molecule has 0 spiro atoms. The number of hydrogen-bond donors (Lipinski definition) is 1. The predicted octanol–water partition coefficient (Wildman–Crippen LogP) is 9.20. The summed E-state index contributed by atoms with van der Waals surface area (Å²) in [5.41, 5.74) is 4.99. The topological polar surface area (TPSA) is 64.4 Å². The van der Waals surface area contributed by atoms with Gasteiger partial charge in [-0.3, -0.25) is 0 Å². The maximum absolute atomic E-state index is 11.2. The third kappa shape index (κ3) is 6.23. The zero-order valence-electron chi connectivity index (χ0n) is 21.0. The molecule has 0 fully saturated rings. The van der Waals surface area contributed by atoms with E-state index in [1.807, 2.05) is 54.7 Å². The van der Waals surface area contributed by atoms with Crippen molar-refractivity contribution >= 4 is 41.3 Å². The molecule has 0 amide bonds. The number of carbonyl (C=O) groups is 1. The standard InChI is InChI=1S/C32H24Cl2N2O3/c1-2-36-20-30(28-16-13-25(33)19-29(28)34)35-31(36)17-8-21-6-9-22(10-7-21)23-11-14-26(15-12-23)39-27-5-3-4-24(18-27)32(37)38/h3-20H,2H2,1H3,(H,37,38)/b17-8+. The van der Waals surface area contributed by atoms with Gasteiger partial charge in [-0.1, -0.05) is 71.7 Å². The van der Waals surface area contributed by atoms with E-state index in [4.69, 9.17) is 38.0 Å². The van der Waals surface area contributed by atoms with Crippen molar-refractivity contribution < 1.29 is 14.6 Å². The van der Waals surface area contributed by atoms with Gasteiger partial charge >= 0.3 is 5.97 Å². The fraction of sp³-hybridized carbons (Fsp3) is 0.0625. The number of ether oxygens (including phenoxy) is 1. The molecule has 4 aromatic carbocycles. The summed E-state index contributed by atoms with van der Waals surface area (Å²) < 4.78 is 7.90. The summed E-state index contributed by atoms with van der Waals surface area (Å²) in [5, 5.41) is 10.3. The van der Waals surface area contributed by atoms with Crippen LogP contribution in [0.25, 0.3) is 34.5 Å². The summed E-state index contributed by atoms with van der Waals surface area (Å²) in [5.74, 6) is 0.960. The minimum atomic E-state index is -0.989. The maximum Gasteiger partial charge on any atom is 0.335 e. The first-order valence-electron chi connectivity index (χ1n) is 12.3. The Hall–Kier alpha value is -4.32. The molecule has 0 aliphatic rings. The number of aryl methyl sites for hydroxylation is 1. The van der Waals surface area contributed by atoms with Gasteiger partial charge in [-0.05, 0) is 78.2 Å². The van der Waals surface area contributed by atoms with E-state index in [1.54, 1.807) is 18.2 Å². The molecular formula is C32H24Cl2N2O3. The number of aromatic nitrogens is 2. The molecule has 5 rings (SSSR count). The van der Waals surface area contributed by atoms with Gasteiger partial charge in [0.05, 0.1) is 16.3 Å². The van der Waals surface area contributed by atoms with Crippen LogP contribution >= 0.6 is 23.2 Å². The molecule has 0 saturated heterocycles. The zero-order chi connectivity index (χ0) is 27.4. The smallest absolute Gasteiger partial charge is 0.335 e. The van der Waals surface area contributed by atoms with Crippen LogP contribution in [-0.4, -0.2) is 20.6 Å². The van der Waals surface area contributed by atoms with Crippen molar-refractivity contribution in [2.75, 3.05) is 0 Å². The molecule has 1 aromatic heterocycles. The Kier molecular flexibility index (Phi) is 7.82. The Morgan fingerprint density at radius 2 is 1.62 bits per heavy atom. The predicted molar refractivity (Wildman–Crippen MR) is 158 cm³/mol. The number of rotatable bonds is 8. The molecule has 5 nitrogen and oxygen atoms in total. The van der Waals surface area contributed by atoms with Crippen LogP contribution in [0.4, 0.5) is 0 Å². The molecule has 39 heavy (non-hydrogen) atoms. The molecule has 0 aliphatic heterocycles. The average molecular weight is 555 g/mol. The van der Waals surface area contributed by atoms with Crippen LogP contribution in [-0.2, 0) is 6.54 Å². The number of benzene rings is 4. The lowest BCUT2D eigenvalue weighted by Crippen LogP contribution is -1.96. The highest BCUT2D eigenvalue weighted by Crippen LogP contribution is 2.31. The second-order valence-electron chi connectivity index (χ2n) is 8.81. The molecule has 0 atom stereocenters. The Bertz CT molecular complexity index is 1660. The fourth-order valence-corrected chi connectivity index (χ4v) is 4.65. The second-order valence-corrected chi connectivity index (χ2v) is 9.65. The Labute approximate surface area is 236 Å². The van der Waals surface area contributed by atoms with Crippen molar-refractivity contribution in [1.29, 1.82) is 0 Å². The molecule has 1 heterocycles. The highest BCUT2D eigenvalue weighted by atomic mass is 35.5. The lowest BCUT2D eigenvalue weighted by atomic mass is 10.0. The van der Waals surface area contributed by atoms with E-state index in [2.05, 4.69) is 35.8 Å². The van der Waals surface area contributed by atoms with Crippen LogP contribution in [0, 0.1) is 0 Å². The molecule has 194 valence electrons. The van der Waals surface area contributed by atoms with Crippen LogP contribution in [0.15, 0.2) is 97.2 Å². The Morgan fingerprint density at radius 1 is 0.897 bits per heavy atom. The van der Waals surface area contributed by atoms with Crippen molar-refractivity contribution in [2.45, 2.75) is 13.5 Å². The fourth-order valence-electron chi connectivity index (χ4n) is 4.15. The van der Waals surface area contributed by atoms with Crippen LogP contribution in [0.1, 0.15) is 28.7 Å². The van der Waals surface area contributed by atoms with E-state index in [9.17, 15) is 4.79 Å². The molecule has 7 heteroatoms. The lowest BCUT2D eigenvalue weighted by Gasteiger charge is -2.08. The Morgan fingerprint density at radius 3 is 2.28 bits per heavy atom. The number of imidazole rings is 1. The summed E-state index contributed by atoms with van der Waals surface area (Å²) in [6.45, 7) is 2.85. The second kappa shape index (κ2) is 11.6. The third-order valence-electron chi connectivity index (χ3n) is 6.20. The average Bonchev–Trinajstić information content (AvgIpc) is 3.36. The third-order valence-corrected chi connectivity index (χ3v) is 6.74. The molecule has 0 saturated carbocycles. The SMILES string of the molecule is CCn1cc(-c2ccc(Cl)cc2Cl)nc1/C=C/c1ccc(-c2ccc(Oc3cccc(C(=O)O)c3)cc2)cc1. The van der Waals surface area contributed by atoms with Crippen LogP contribution in [0.3, 0.4) is 0 Å². The summed E-state index contributed by atoms with van der Waals surface area (Å²) >= 11 is 12.4. The van der Waals surface area contributed by atoms with Crippen molar-refractivity contribution in [3.63, 3.8) is 0 Å². The summed E-state index contributed by atoms with van der Waals surface area (Å²) in [4.78, 5) is 16.0. The van der Waals surface area contributed by atoms with E-state index in [-0.39, 0.29) is 5.56 Å². The molecule has 0 radical (unpaired) electrons. The van der Waals surface area contributed by atoms with E-state index >= 15 is 0 Å². The van der Waals surface area contributed by atoms with Crippen LogP contribution < -0.4 is 4.74 Å². The quantitative estimate of drug-likeness (QED) is 0.207. The van der Waals surface area contributed by atoms with Crippen molar-refractivity contribution in [2.24, 2.45) is 0 Å². The number of carboxylic acids is 1. The molecular weight excluding hydrogens is 531 g/mol. The first-order valence-corrected chi connectivity index (χ1v) is 13.1.